The van der Waals surface area contributed by atoms with Crippen molar-refractivity contribution in [1.82, 2.24) is 0 Å². The maximum Gasteiger partial charge on any atom is 0.336 e. The molecule has 110 valence electrons. The summed E-state index contributed by atoms with van der Waals surface area (Å²) in [5.74, 6) is -1.17. The zero-order valence-electron chi connectivity index (χ0n) is 12.2. The van der Waals surface area contributed by atoms with Gasteiger partial charge in [-0.05, 0) is 43.5 Å². The van der Waals surface area contributed by atoms with Gasteiger partial charge in [0.25, 0.3) is 0 Å². The number of aryl methyl sites for hydroxylation is 1. The molecule has 5 heteroatoms. The molecule has 0 aliphatic carbocycles. The summed E-state index contributed by atoms with van der Waals surface area (Å²) in [5, 5.41) is 11.8. The molecule has 0 aromatic heterocycles. The number of carboxylic acid groups (broad SMARTS) is 1. The van der Waals surface area contributed by atoms with Crippen LogP contribution in [0.5, 0.6) is 0 Å². The van der Waals surface area contributed by atoms with Gasteiger partial charge in [-0.1, -0.05) is 6.92 Å². The summed E-state index contributed by atoms with van der Waals surface area (Å²) in [6.07, 6.45) is 1.18. The van der Waals surface area contributed by atoms with Crippen LogP contribution in [-0.4, -0.2) is 30.2 Å². The minimum atomic E-state index is -0.993. The lowest BCUT2D eigenvalue weighted by Gasteiger charge is -2.10. The Hall–Kier alpha value is -1.88. The fourth-order valence-electron chi connectivity index (χ4n) is 1.79. The predicted octanol–water partition coefficient (Wildman–Crippen LogP) is 2.76. The first-order valence-corrected chi connectivity index (χ1v) is 6.67. The third kappa shape index (κ3) is 4.66. The molecule has 0 heterocycles. The van der Waals surface area contributed by atoms with E-state index in [9.17, 15) is 9.59 Å². The van der Waals surface area contributed by atoms with E-state index in [4.69, 9.17) is 9.84 Å². The molecule has 0 radical (unpaired) electrons. The second kappa shape index (κ2) is 7.65. The van der Waals surface area contributed by atoms with Crippen LogP contribution in [0.15, 0.2) is 12.1 Å². The molecule has 1 rings (SSSR count). The third-order valence-corrected chi connectivity index (χ3v) is 3.00. The molecule has 0 unspecified atom stereocenters. The zero-order chi connectivity index (χ0) is 15.1. The summed E-state index contributed by atoms with van der Waals surface area (Å²) in [4.78, 5) is 22.8. The van der Waals surface area contributed by atoms with Gasteiger partial charge in [0.1, 0.15) is 0 Å². The van der Waals surface area contributed by atoms with Gasteiger partial charge >= 0.3 is 5.97 Å². The van der Waals surface area contributed by atoms with Crippen LogP contribution in [0, 0.1) is 13.8 Å². The molecule has 1 amide bonds. The Labute approximate surface area is 118 Å². The number of benzene rings is 1. The normalized spacial score (nSPS) is 10.3. The standard InChI is InChI=1S/C15H21NO4/c1-4-6-20-7-5-14(17)16-12-8-10(2)11(3)13(9-12)15(18)19/h8-9H,4-7H2,1-3H3,(H,16,17)(H,18,19). The maximum atomic E-state index is 11.7. The van der Waals surface area contributed by atoms with Crippen LogP contribution in [0.2, 0.25) is 0 Å². The Bertz CT molecular complexity index is 497. The molecule has 5 nitrogen and oxygen atoms in total. The van der Waals surface area contributed by atoms with Crippen molar-refractivity contribution in [2.24, 2.45) is 0 Å². The van der Waals surface area contributed by atoms with Crippen LogP contribution in [0.4, 0.5) is 5.69 Å². The highest BCUT2D eigenvalue weighted by Gasteiger charge is 2.12. The Morgan fingerprint density at radius 2 is 1.95 bits per heavy atom. The van der Waals surface area contributed by atoms with Crippen LogP contribution >= 0.6 is 0 Å². The van der Waals surface area contributed by atoms with Crippen molar-refractivity contribution in [2.75, 3.05) is 18.5 Å². The number of nitrogens with one attached hydrogen (secondary N) is 1. The fraction of sp³-hybridized carbons (Fsp3) is 0.467. The SMILES string of the molecule is CCCOCCC(=O)Nc1cc(C)c(C)c(C(=O)O)c1. The summed E-state index contributed by atoms with van der Waals surface area (Å²) in [5.41, 5.74) is 2.26. The Balaban J connectivity index is 2.68. The topological polar surface area (TPSA) is 75.6 Å². The van der Waals surface area contributed by atoms with E-state index in [1.807, 2.05) is 13.8 Å². The average Bonchev–Trinajstić information content (AvgIpc) is 2.38. The molecule has 1 aromatic rings. The van der Waals surface area contributed by atoms with E-state index in [1.165, 1.54) is 6.07 Å². The van der Waals surface area contributed by atoms with E-state index in [1.54, 1.807) is 13.0 Å². The van der Waals surface area contributed by atoms with Gasteiger partial charge < -0.3 is 15.2 Å². The number of carbonyl (C=O) groups excluding carboxylic acids is 1. The molecule has 0 aliphatic heterocycles. The Morgan fingerprint density at radius 3 is 2.55 bits per heavy atom. The number of ether oxygens (including phenoxy) is 1. The number of carbonyl (C=O) groups is 2. The first kappa shape index (κ1) is 16.2. The molecular formula is C15H21NO4. The van der Waals surface area contributed by atoms with Gasteiger partial charge in [0.05, 0.1) is 18.6 Å². The summed E-state index contributed by atoms with van der Waals surface area (Å²) in [6, 6.07) is 3.25. The zero-order valence-corrected chi connectivity index (χ0v) is 12.2. The van der Waals surface area contributed by atoms with E-state index in [2.05, 4.69) is 5.32 Å². The lowest BCUT2D eigenvalue weighted by atomic mass is 10.0. The third-order valence-electron chi connectivity index (χ3n) is 3.00. The second-order valence-corrected chi connectivity index (χ2v) is 4.68. The summed E-state index contributed by atoms with van der Waals surface area (Å²) < 4.78 is 5.24. The molecule has 0 fully saturated rings. The quantitative estimate of drug-likeness (QED) is 0.752. The van der Waals surface area contributed by atoms with Crippen molar-refractivity contribution < 1.29 is 19.4 Å². The fourth-order valence-corrected chi connectivity index (χ4v) is 1.79. The van der Waals surface area contributed by atoms with Gasteiger partial charge in [-0.25, -0.2) is 4.79 Å². The van der Waals surface area contributed by atoms with E-state index in [0.717, 1.165) is 12.0 Å². The molecule has 0 saturated heterocycles. The average molecular weight is 279 g/mol. The number of aromatic carboxylic acids is 1. The van der Waals surface area contributed by atoms with E-state index < -0.39 is 5.97 Å². The van der Waals surface area contributed by atoms with Crippen molar-refractivity contribution in [1.29, 1.82) is 0 Å². The van der Waals surface area contributed by atoms with Crippen LogP contribution in [0.25, 0.3) is 0 Å². The monoisotopic (exact) mass is 279 g/mol. The number of amides is 1. The first-order valence-electron chi connectivity index (χ1n) is 6.67. The van der Waals surface area contributed by atoms with E-state index in [0.29, 0.717) is 24.5 Å². The molecule has 20 heavy (non-hydrogen) atoms. The molecule has 2 N–H and O–H groups in total. The first-order chi connectivity index (χ1) is 9.45. The second-order valence-electron chi connectivity index (χ2n) is 4.68. The van der Waals surface area contributed by atoms with Crippen molar-refractivity contribution in [3.8, 4) is 0 Å². The number of anilines is 1. The molecular weight excluding hydrogens is 258 g/mol. The van der Waals surface area contributed by atoms with Crippen molar-refractivity contribution >= 4 is 17.6 Å². The lowest BCUT2D eigenvalue weighted by molar-refractivity contribution is -0.117. The highest BCUT2D eigenvalue weighted by atomic mass is 16.5. The minimum absolute atomic E-state index is 0.180. The molecule has 0 aliphatic rings. The Kier molecular flexibility index (Phi) is 6.18. The van der Waals surface area contributed by atoms with Gasteiger partial charge in [-0.3, -0.25) is 4.79 Å². The van der Waals surface area contributed by atoms with E-state index in [-0.39, 0.29) is 17.9 Å². The van der Waals surface area contributed by atoms with Crippen LogP contribution in [0.1, 0.15) is 41.3 Å². The molecule has 1 aromatic carbocycles. The Morgan fingerprint density at radius 1 is 1.25 bits per heavy atom. The summed E-state index contributed by atoms with van der Waals surface area (Å²) in [6.45, 7) is 6.59. The van der Waals surface area contributed by atoms with Gasteiger partial charge in [0.2, 0.25) is 5.91 Å². The molecule has 0 saturated carbocycles. The van der Waals surface area contributed by atoms with Crippen LogP contribution in [0.3, 0.4) is 0 Å². The lowest BCUT2D eigenvalue weighted by Crippen LogP contribution is -2.15. The molecule has 0 bridgehead atoms. The van der Waals surface area contributed by atoms with Gasteiger partial charge in [0, 0.05) is 12.3 Å². The number of carboxylic acids is 1. The largest absolute Gasteiger partial charge is 0.478 e. The predicted molar refractivity (Wildman–Crippen MR) is 77.2 cm³/mol. The van der Waals surface area contributed by atoms with Crippen LogP contribution in [-0.2, 0) is 9.53 Å². The van der Waals surface area contributed by atoms with Crippen molar-refractivity contribution in [2.45, 2.75) is 33.6 Å². The summed E-state index contributed by atoms with van der Waals surface area (Å²) >= 11 is 0. The highest BCUT2D eigenvalue weighted by Crippen LogP contribution is 2.20. The highest BCUT2D eigenvalue weighted by molar-refractivity contribution is 5.95. The smallest absolute Gasteiger partial charge is 0.336 e. The van der Waals surface area contributed by atoms with E-state index >= 15 is 0 Å². The van der Waals surface area contributed by atoms with Gasteiger partial charge in [-0.2, -0.15) is 0 Å². The summed E-state index contributed by atoms with van der Waals surface area (Å²) in [7, 11) is 0. The number of rotatable bonds is 7. The van der Waals surface area contributed by atoms with Gasteiger partial charge in [0.15, 0.2) is 0 Å². The molecule has 0 atom stereocenters. The minimum Gasteiger partial charge on any atom is -0.478 e. The van der Waals surface area contributed by atoms with Crippen LogP contribution < -0.4 is 5.32 Å². The maximum absolute atomic E-state index is 11.7. The number of hydrogen-bond donors (Lipinski definition) is 2. The van der Waals surface area contributed by atoms with Gasteiger partial charge in [-0.15, -0.1) is 0 Å². The van der Waals surface area contributed by atoms with Crippen molar-refractivity contribution in [3.05, 3.63) is 28.8 Å². The number of hydrogen-bond acceptors (Lipinski definition) is 3. The van der Waals surface area contributed by atoms with Crippen molar-refractivity contribution in [3.63, 3.8) is 0 Å². The molecule has 0 spiro atoms.